The fourth-order valence-corrected chi connectivity index (χ4v) is 4.94. The van der Waals surface area contributed by atoms with Crippen molar-refractivity contribution in [2.24, 2.45) is 10.8 Å². The Morgan fingerprint density at radius 1 is 1.10 bits per heavy atom. The quantitative estimate of drug-likeness (QED) is 0.220. The Kier molecular flexibility index (Phi) is 8.54. The molecule has 0 bridgehead atoms. The lowest BCUT2D eigenvalue weighted by Crippen LogP contribution is -2.56. The molecule has 2 aromatic rings. The van der Waals surface area contributed by atoms with Crippen LogP contribution in [0.3, 0.4) is 0 Å². The van der Waals surface area contributed by atoms with Crippen molar-refractivity contribution in [1.82, 2.24) is 16.1 Å². The van der Waals surface area contributed by atoms with E-state index in [1.165, 1.54) is 4.90 Å². The standard InChI is InChI=1S/C27H30N6O6/c28-27(39)32-29-15-19(14-23(35)36)30-25(37)21-13-18-8-4-7-17-10-11-20(26(38)33(21)24(17)18)31-22(34)12-9-16-5-2-1-3-6-16/h1-8,15,19-21H,9-14H2,(H,30,37)(H,31,34)(H,35,36)(H3,28,32,39)/t19-,20-,21-/m0/s1. The molecule has 5 amide bonds. The Morgan fingerprint density at radius 3 is 2.56 bits per heavy atom. The first-order chi connectivity index (χ1) is 18.7. The third-order valence-electron chi connectivity index (χ3n) is 6.68. The van der Waals surface area contributed by atoms with E-state index in [9.17, 15) is 29.1 Å². The monoisotopic (exact) mass is 534 g/mol. The maximum atomic E-state index is 13.8. The lowest BCUT2D eigenvalue weighted by molar-refractivity contribution is -0.137. The average Bonchev–Trinajstić information content (AvgIpc) is 3.23. The average molecular weight is 535 g/mol. The number of nitrogens with one attached hydrogen (secondary N) is 3. The number of aliphatic carboxylic acids is 1. The van der Waals surface area contributed by atoms with Crippen molar-refractivity contribution in [1.29, 1.82) is 0 Å². The summed E-state index contributed by atoms with van der Waals surface area (Å²) in [5.41, 5.74) is 10.3. The number of primary amides is 1. The summed E-state index contributed by atoms with van der Waals surface area (Å²) in [6, 6.07) is 11.4. The zero-order valence-corrected chi connectivity index (χ0v) is 21.1. The van der Waals surface area contributed by atoms with Crippen LogP contribution < -0.4 is 26.7 Å². The van der Waals surface area contributed by atoms with E-state index in [1.807, 2.05) is 54.0 Å². The molecule has 12 nitrogen and oxygen atoms in total. The Balaban J connectivity index is 1.51. The number of anilines is 1. The molecule has 0 radical (unpaired) electrons. The van der Waals surface area contributed by atoms with Gasteiger partial charge in [0, 0.05) is 19.1 Å². The predicted octanol–water partition coefficient (Wildman–Crippen LogP) is 0.622. The second kappa shape index (κ2) is 12.2. The number of carbonyl (C=O) groups is 5. The summed E-state index contributed by atoms with van der Waals surface area (Å²) < 4.78 is 0. The van der Waals surface area contributed by atoms with Crippen LogP contribution in [0.2, 0.25) is 0 Å². The zero-order valence-electron chi connectivity index (χ0n) is 21.1. The van der Waals surface area contributed by atoms with Gasteiger partial charge in [0.05, 0.1) is 18.2 Å². The first kappa shape index (κ1) is 27.3. The van der Waals surface area contributed by atoms with Crippen LogP contribution in [0.5, 0.6) is 0 Å². The van der Waals surface area contributed by atoms with E-state index in [0.717, 1.165) is 22.9 Å². The van der Waals surface area contributed by atoms with Crippen LogP contribution in [-0.4, -0.2) is 59.2 Å². The smallest absolute Gasteiger partial charge is 0.332 e. The Hall–Kier alpha value is -4.74. The van der Waals surface area contributed by atoms with Gasteiger partial charge >= 0.3 is 12.0 Å². The zero-order chi connectivity index (χ0) is 27.9. The molecule has 4 rings (SSSR count). The van der Waals surface area contributed by atoms with Crippen molar-refractivity contribution in [3.8, 4) is 0 Å². The minimum Gasteiger partial charge on any atom is -0.481 e. The van der Waals surface area contributed by atoms with Gasteiger partial charge in [-0.3, -0.25) is 24.1 Å². The molecule has 0 saturated carbocycles. The number of hydrogen-bond acceptors (Lipinski definition) is 6. The maximum absolute atomic E-state index is 13.8. The molecule has 0 aliphatic carbocycles. The highest BCUT2D eigenvalue weighted by atomic mass is 16.4. The van der Waals surface area contributed by atoms with E-state index in [1.54, 1.807) is 0 Å². The second-order valence-corrected chi connectivity index (χ2v) is 9.46. The first-order valence-electron chi connectivity index (χ1n) is 12.6. The molecule has 2 aliphatic rings. The topological polar surface area (TPSA) is 183 Å². The minimum atomic E-state index is -1.20. The maximum Gasteiger partial charge on any atom is 0.332 e. The second-order valence-electron chi connectivity index (χ2n) is 9.46. The normalized spacial score (nSPS) is 18.7. The Bertz CT molecular complexity index is 1300. The van der Waals surface area contributed by atoms with Gasteiger partial charge in [-0.05, 0) is 36.0 Å². The number of hydrazone groups is 1. The number of urea groups is 1. The van der Waals surface area contributed by atoms with Crippen molar-refractivity contribution in [3.05, 3.63) is 65.2 Å². The largest absolute Gasteiger partial charge is 0.481 e. The molecule has 6 N–H and O–H groups in total. The highest BCUT2D eigenvalue weighted by molar-refractivity contribution is 6.08. The summed E-state index contributed by atoms with van der Waals surface area (Å²) in [5, 5.41) is 18.3. The van der Waals surface area contributed by atoms with Gasteiger partial charge in [0.1, 0.15) is 12.1 Å². The number of benzene rings is 2. The van der Waals surface area contributed by atoms with E-state index >= 15 is 0 Å². The molecule has 2 aliphatic heterocycles. The van der Waals surface area contributed by atoms with Gasteiger partial charge in [-0.25, -0.2) is 10.2 Å². The van der Waals surface area contributed by atoms with Gasteiger partial charge in [0.25, 0.3) is 0 Å². The number of carbonyl (C=O) groups excluding carboxylic acids is 4. The Labute approximate surface area is 224 Å². The molecule has 2 heterocycles. The minimum absolute atomic E-state index is 0.214. The van der Waals surface area contributed by atoms with Crippen molar-refractivity contribution >= 4 is 41.6 Å². The summed E-state index contributed by atoms with van der Waals surface area (Å²) in [7, 11) is 0. The molecule has 0 saturated heterocycles. The molecule has 204 valence electrons. The number of rotatable bonds is 10. The molecule has 3 atom stereocenters. The Morgan fingerprint density at radius 2 is 1.85 bits per heavy atom. The number of para-hydroxylation sites is 1. The molecule has 39 heavy (non-hydrogen) atoms. The van der Waals surface area contributed by atoms with E-state index in [4.69, 9.17) is 5.73 Å². The summed E-state index contributed by atoms with van der Waals surface area (Å²) in [6.07, 6.45) is 2.45. The SMILES string of the molecule is NC(=O)NN=C[C@H](CC(=O)O)NC(=O)[C@@H]1Cc2cccc3c2N1C(=O)[C@@H](NC(=O)CCc1ccccc1)CC3. The lowest BCUT2D eigenvalue weighted by Gasteiger charge is -2.28. The van der Waals surface area contributed by atoms with E-state index < -0.39 is 48.4 Å². The number of aryl methyl sites for hydroxylation is 2. The molecule has 0 fully saturated rings. The molecule has 2 aromatic carbocycles. The number of carboxylic acids is 1. The van der Waals surface area contributed by atoms with Crippen LogP contribution in [0, 0.1) is 0 Å². The van der Waals surface area contributed by atoms with Crippen LogP contribution in [0.4, 0.5) is 10.5 Å². The van der Waals surface area contributed by atoms with Crippen LogP contribution >= 0.6 is 0 Å². The summed E-state index contributed by atoms with van der Waals surface area (Å²) in [6.45, 7) is 0. The number of nitrogens with two attached hydrogens (primary N) is 1. The predicted molar refractivity (Wildman–Crippen MR) is 142 cm³/mol. The number of hydrogen-bond donors (Lipinski definition) is 5. The van der Waals surface area contributed by atoms with Gasteiger partial charge in [0.15, 0.2) is 0 Å². The highest BCUT2D eigenvalue weighted by Gasteiger charge is 2.44. The molecular weight excluding hydrogens is 504 g/mol. The third kappa shape index (κ3) is 6.78. The molecule has 12 heteroatoms. The summed E-state index contributed by atoms with van der Waals surface area (Å²) >= 11 is 0. The van der Waals surface area contributed by atoms with Crippen LogP contribution in [0.15, 0.2) is 53.6 Å². The molecule has 0 unspecified atom stereocenters. The molecule has 0 spiro atoms. The van der Waals surface area contributed by atoms with Crippen LogP contribution in [-0.2, 0) is 38.4 Å². The number of amides is 5. The third-order valence-corrected chi connectivity index (χ3v) is 6.68. The van der Waals surface area contributed by atoms with Crippen molar-refractivity contribution in [3.63, 3.8) is 0 Å². The van der Waals surface area contributed by atoms with Crippen LogP contribution in [0.1, 0.15) is 36.0 Å². The van der Waals surface area contributed by atoms with Crippen molar-refractivity contribution in [2.45, 2.75) is 56.7 Å². The fourth-order valence-electron chi connectivity index (χ4n) is 4.94. The summed E-state index contributed by atoms with van der Waals surface area (Å²) in [4.78, 5) is 63.5. The first-order valence-corrected chi connectivity index (χ1v) is 12.6. The van der Waals surface area contributed by atoms with Crippen LogP contribution in [0.25, 0.3) is 0 Å². The van der Waals surface area contributed by atoms with Gasteiger partial charge < -0.3 is 21.5 Å². The fraction of sp³-hybridized carbons (Fsp3) is 0.333. The van der Waals surface area contributed by atoms with Gasteiger partial charge in [-0.15, -0.1) is 0 Å². The number of carboxylic acid groups (broad SMARTS) is 1. The summed E-state index contributed by atoms with van der Waals surface area (Å²) in [5.74, 6) is -2.45. The molecule has 0 aromatic heterocycles. The van der Waals surface area contributed by atoms with E-state index in [0.29, 0.717) is 24.9 Å². The highest BCUT2D eigenvalue weighted by Crippen LogP contribution is 2.39. The lowest BCUT2D eigenvalue weighted by atomic mass is 10.0. The van der Waals surface area contributed by atoms with E-state index in [2.05, 4.69) is 15.7 Å². The van der Waals surface area contributed by atoms with Gasteiger partial charge in [0.2, 0.25) is 17.7 Å². The van der Waals surface area contributed by atoms with Crippen molar-refractivity contribution < 1.29 is 29.1 Å². The number of nitrogens with zero attached hydrogens (tertiary/aromatic N) is 2. The molecular formula is C27H30N6O6. The van der Waals surface area contributed by atoms with Gasteiger partial charge in [-0.1, -0.05) is 48.5 Å². The van der Waals surface area contributed by atoms with Gasteiger partial charge in [-0.2, -0.15) is 5.10 Å². The van der Waals surface area contributed by atoms with Crippen molar-refractivity contribution in [2.75, 3.05) is 4.90 Å². The van der Waals surface area contributed by atoms with E-state index in [-0.39, 0.29) is 18.7 Å².